The second-order valence-electron chi connectivity index (χ2n) is 2.36. The van der Waals surface area contributed by atoms with E-state index >= 15 is 0 Å². The molecule has 0 fully saturated rings. The van der Waals surface area contributed by atoms with Gasteiger partial charge >= 0.3 is 0 Å². The van der Waals surface area contributed by atoms with Gasteiger partial charge in [-0.3, -0.25) is 0 Å². The second-order valence-corrected chi connectivity index (χ2v) is 2.36. The predicted molar refractivity (Wildman–Crippen MR) is 44.9 cm³/mol. The fraction of sp³-hybridized carbons (Fsp3) is 0.429. The summed E-state index contributed by atoms with van der Waals surface area (Å²) in [6, 6.07) is 0. The van der Waals surface area contributed by atoms with Crippen molar-refractivity contribution in [2.24, 2.45) is 5.11 Å². The monoisotopic (exact) mass is 166 g/mol. The summed E-state index contributed by atoms with van der Waals surface area (Å²) < 4.78 is 5.11. The lowest BCUT2D eigenvalue weighted by Crippen LogP contribution is -2.27. The minimum absolute atomic E-state index is 0.0470. The van der Waals surface area contributed by atoms with Gasteiger partial charge in [-0.05, 0) is 24.1 Å². The van der Waals surface area contributed by atoms with Gasteiger partial charge in [-0.15, -0.1) is 0 Å². The molecule has 0 aromatic rings. The van der Waals surface area contributed by atoms with E-state index in [1.807, 2.05) is 25.3 Å². The van der Waals surface area contributed by atoms with Crippen LogP contribution in [0, 0.1) is 0 Å². The van der Waals surface area contributed by atoms with Crippen molar-refractivity contribution >= 4 is 0 Å². The third kappa shape index (κ3) is 2.65. The highest BCUT2D eigenvalue weighted by atomic mass is 16.5. The van der Waals surface area contributed by atoms with Crippen molar-refractivity contribution in [3.8, 4) is 0 Å². The largest absolute Gasteiger partial charge is 0.363 e. The Bertz CT molecular complexity index is 252. The van der Waals surface area contributed by atoms with Crippen LogP contribution in [0.5, 0.6) is 0 Å². The fourth-order valence-electron chi connectivity index (χ4n) is 0.800. The summed E-state index contributed by atoms with van der Waals surface area (Å²) in [4.78, 5) is 2.57. The van der Waals surface area contributed by atoms with Gasteiger partial charge in [0, 0.05) is 11.1 Å². The third-order valence-corrected chi connectivity index (χ3v) is 1.38. The summed E-state index contributed by atoms with van der Waals surface area (Å²) in [7, 11) is 0. The highest BCUT2D eigenvalue weighted by Gasteiger charge is 2.03. The molecule has 0 aromatic carbocycles. The van der Waals surface area contributed by atoms with Crippen LogP contribution in [0.15, 0.2) is 29.0 Å². The van der Waals surface area contributed by atoms with Crippen molar-refractivity contribution in [2.45, 2.75) is 13.2 Å². The molecule has 1 aliphatic rings. The highest BCUT2D eigenvalue weighted by Crippen LogP contribution is 2.03. The van der Waals surface area contributed by atoms with Crippen molar-refractivity contribution in [3.05, 3.63) is 34.4 Å². The predicted octanol–water partition coefficient (Wildman–Crippen LogP) is 1.66. The van der Waals surface area contributed by atoms with Crippen molar-refractivity contribution in [1.82, 2.24) is 5.32 Å². The molecule has 1 atom stereocenters. The normalized spacial score (nSPS) is 20.8. The van der Waals surface area contributed by atoms with Gasteiger partial charge in [-0.25, -0.2) is 0 Å². The average molecular weight is 166 g/mol. The lowest BCUT2D eigenvalue weighted by molar-refractivity contribution is 0.0760. The van der Waals surface area contributed by atoms with Crippen LogP contribution in [0.25, 0.3) is 10.4 Å². The third-order valence-electron chi connectivity index (χ3n) is 1.38. The molecule has 0 aromatic heterocycles. The van der Waals surface area contributed by atoms with Gasteiger partial charge in [0.05, 0.1) is 0 Å². The standard InChI is InChI=1S/C7H10N4O/c1-6-2-3-7(9-4-6)12-5-10-11-8/h2-4,7,9H,5H2,1H3. The summed E-state index contributed by atoms with van der Waals surface area (Å²) in [5.74, 6) is 0. The molecule has 0 amide bonds. The van der Waals surface area contributed by atoms with Crippen LogP contribution in [-0.2, 0) is 4.74 Å². The van der Waals surface area contributed by atoms with Gasteiger partial charge in [-0.1, -0.05) is 11.2 Å². The van der Waals surface area contributed by atoms with E-state index in [0.717, 1.165) is 5.57 Å². The Kier molecular flexibility index (Phi) is 3.19. The molecule has 1 N–H and O–H groups in total. The number of ether oxygens (including phenoxy) is 1. The Morgan fingerprint density at radius 2 is 2.67 bits per heavy atom. The molecule has 1 heterocycles. The van der Waals surface area contributed by atoms with E-state index in [9.17, 15) is 0 Å². The average Bonchev–Trinajstić information content (AvgIpc) is 2.09. The number of allylic oxidation sites excluding steroid dienone is 2. The molecule has 0 bridgehead atoms. The number of azide groups is 1. The molecule has 64 valence electrons. The van der Waals surface area contributed by atoms with E-state index in [1.165, 1.54) is 0 Å². The fourth-order valence-corrected chi connectivity index (χ4v) is 0.800. The van der Waals surface area contributed by atoms with E-state index in [2.05, 4.69) is 15.3 Å². The second kappa shape index (κ2) is 4.43. The van der Waals surface area contributed by atoms with Gasteiger partial charge in [0.25, 0.3) is 0 Å². The highest BCUT2D eigenvalue weighted by molar-refractivity contribution is 5.20. The zero-order chi connectivity index (χ0) is 8.81. The number of rotatable bonds is 3. The summed E-state index contributed by atoms with van der Waals surface area (Å²) in [5, 5.41) is 6.22. The summed E-state index contributed by atoms with van der Waals surface area (Å²) in [5.41, 5.74) is 9.10. The minimum atomic E-state index is -0.181. The van der Waals surface area contributed by atoms with Crippen LogP contribution in [0.3, 0.4) is 0 Å². The van der Waals surface area contributed by atoms with Gasteiger partial charge in [0.1, 0.15) is 13.0 Å². The lowest BCUT2D eigenvalue weighted by Gasteiger charge is -2.16. The Morgan fingerprint density at radius 3 is 3.25 bits per heavy atom. The molecule has 12 heavy (non-hydrogen) atoms. The first-order valence-corrected chi connectivity index (χ1v) is 3.56. The van der Waals surface area contributed by atoms with Crippen LogP contribution in [0.2, 0.25) is 0 Å². The molecule has 0 saturated heterocycles. The van der Waals surface area contributed by atoms with Crippen LogP contribution >= 0.6 is 0 Å². The molecule has 0 spiro atoms. The first-order valence-electron chi connectivity index (χ1n) is 3.56. The minimum Gasteiger partial charge on any atom is -0.363 e. The van der Waals surface area contributed by atoms with Crippen molar-refractivity contribution < 1.29 is 4.74 Å². The molecule has 5 nitrogen and oxygen atoms in total. The molecule has 1 unspecified atom stereocenters. The maximum absolute atomic E-state index is 7.97. The van der Waals surface area contributed by atoms with Crippen molar-refractivity contribution in [1.29, 1.82) is 0 Å². The van der Waals surface area contributed by atoms with Crippen molar-refractivity contribution in [3.63, 3.8) is 0 Å². The van der Waals surface area contributed by atoms with E-state index in [1.54, 1.807) is 0 Å². The zero-order valence-corrected chi connectivity index (χ0v) is 6.77. The summed E-state index contributed by atoms with van der Waals surface area (Å²) >= 11 is 0. The Balaban J connectivity index is 2.29. The SMILES string of the molecule is CC1=CNC(OCN=[N+]=[N-])C=C1. The van der Waals surface area contributed by atoms with Gasteiger partial charge in [-0.2, -0.15) is 0 Å². The van der Waals surface area contributed by atoms with Gasteiger partial charge < -0.3 is 10.1 Å². The number of hydrogen-bond acceptors (Lipinski definition) is 3. The smallest absolute Gasteiger partial charge is 0.147 e. The maximum Gasteiger partial charge on any atom is 0.147 e. The Morgan fingerprint density at radius 1 is 1.83 bits per heavy atom. The number of nitrogens with zero attached hydrogens (tertiary/aromatic N) is 3. The molecule has 0 aliphatic carbocycles. The van der Waals surface area contributed by atoms with E-state index in [4.69, 9.17) is 10.3 Å². The van der Waals surface area contributed by atoms with E-state index in [0.29, 0.717) is 0 Å². The van der Waals surface area contributed by atoms with Crippen LogP contribution in [0.1, 0.15) is 6.92 Å². The summed E-state index contributed by atoms with van der Waals surface area (Å²) in [6.45, 7) is 2.03. The van der Waals surface area contributed by atoms with E-state index < -0.39 is 0 Å². The molecule has 1 aliphatic heterocycles. The topological polar surface area (TPSA) is 70.0 Å². The van der Waals surface area contributed by atoms with Crippen molar-refractivity contribution in [2.75, 3.05) is 6.73 Å². The molecule has 1 rings (SSSR count). The van der Waals surface area contributed by atoms with Crippen LogP contribution < -0.4 is 5.32 Å². The molecule has 0 radical (unpaired) electrons. The molecule has 0 saturated carbocycles. The van der Waals surface area contributed by atoms with Gasteiger partial charge in [0.2, 0.25) is 0 Å². The number of dihydropyridines is 1. The Labute approximate surface area is 70.3 Å². The quantitative estimate of drug-likeness (QED) is 0.393. The first-order chi connectivity index (χ1) is 5.83. The van der Waals surface area contributed by atoms with Crippen LogP contribution in [-0.4, -0.2) is 13.0 Å². The Hall–Kier alpha value is -1.45. The van der Waals surface area contributed by atoms with Crippen LogP contribution in [0.4, 0.5) is 0 Å². The first kappa shape index (κ1) is 8.64. The maximum atomic E-state index is 7.97. The molecular weight excluding hydrogens is 156 g/mol. The number of nitrogens with one attached hydrogen (secondary N) is 1. The summed E-state index contributed by atoms with van der Waals surface area (Å²) in [6.07, 6.45) is 5.47. The number of hydrogen-bond donors (Lipinski definition) is 1. The molecular formula is C7H10N4O. The van der Waals surface area contributed by atoms with E-state index in [-0.39, 0.29) is 13.0 Å². The zero-order valence-electron chi connectivity index (χ0n) is 6.77. The molecule has 5 heteroatoms. The lowest BCUT2D eigenvalue weighted by atomic mass is 10.2. The van der Waals surface area contributed by atoms with Gasteiger partial charge in [0.15, 0.2) is 0 Å².